The van der Waals surface area contributed by atoms with E-state index in [0.29, 0.717) is 5.02 Å². The number of hydrogen-bond donors (Lipinski definition) is 2. The smallest absolute Gasteiger partial charge is 0.0735 e. The summed E-state index contributed by atoms with van der Waals surface area (Å²) in [5, 5.41) is 0.690. The van der Waals surface area contributed by atoms with Crippen LogP contribution in [0.3, 0.4) is 0 Å². The fourth-order valence-electron chi connectivity index (χ4n) is 1.79. The third-order valence-electron chi connectivity index (χ3n) is 2.66. The highest BCUT2D eigenvalue weighted by Crippen LogP contribution is 2.33. The second-order valence-electron chi connectivity index (χ2n) is 3.79. The number of benzene rings is 2. The van der Waals surface area contributed by atoms with Crippen molar-refractivity contribution in [2.24, 2.45) is 5.84 Å². The molecule has 1 unspecified atom stereocenters. The van der Waals surface area contributed by atoms with E-state index in [4.69, 9.17) is 17.4 Å². The zero-order valence-corrected chi connectivity index (χ0v) is 13.3. The predicted octanol–water partition coefficient (Wildman–Crippen LogP) is 4.42. The van der Waals surface area contributed by atoms with Gasteiger partial charge in [-0.1, -0.05) is 67.7 Å². The van der Waals surface area contributed by atoms with Gasteiger partial charge in [-0.3, -0.25) is 5.84 Å². The Bertz CT molecular complexity index is 560. The second kappa shape index (κ2) is 6.17. The van der Waals surface area contributed by atoms with Crippen LogP contribution in [0.2, 0.25) is 5.02 Å². The SMILES string of the molecule is NNC(c1ccccc1Cl)c1ccc(Br)cc1Br. The molecule has 0 aliphatic rings. The van der Waals surface area contributed by atoms with E-state index in [1.54, 1.807) is 0 Å². The fraction of sp³-hybridized carbons (Fsp3) is 0.0769. The van der Waals surface area contributed by atoms with E-state index >= 15 is 0 Å². The quantitative estimate of drug-likeness (QED) is 0.602. The topological polar surface area (TPSA) is 38.0 Å². The lowest BCUT2D eigenvalue weighted by Crippen LogP contribution is -2.29. The summed E-state index contributed by atoms with van der Waals surface area (Å²) in [6.45, 7) is 0. The second-order valence-corrected chi connectivity index (χ2v) is 5.96. The number of halogens is 3. The van der Waals surface area contributed by atoms with Gasteiger partial charge in [0.1, 0.15) is 0 Å². The summed E-state index contributed by atoms with van der Waals surface area (Å²) >= 11 is 13.2. The number of nitrogens with one attached hydrogen (secondary N) is 1. The third kappa shape index (κ3) is 2.95. The zero-order valence-electron chi connectivity index (χ0n) is 9.33. The van der Waals surface area contributed by atoms with E-state index in [2.05, 4.69) is 37.3 Å². The minimum absolute atomic E-state index is 0.152. The monoisotopic (exact) mass is 388 g/mol. The lowest BCUT2D eigenvalue weighted by molar-refractivity contribution is 0.635. The first-order chi connectivity index (χ1) is 8.63. The van der Waals surface area contributed by atoms with Crippen molar-refractivity contribution in [3.8, 4) is 0 Å². The van der Waals surface area contributed by atoms with Crippen LogP contribution in [0, 0.1) is 0 Å². The Morgan fingerprint density at radius 1 is 1.06 bits per heavy atom. The van der Waals surface area contributed by atoms with Gasteiger partial charge in [0.15, 0.2) is 0 Å². The van der Waals surface area contributed by atoms with Crippen molar-refractivity contribution in [2.45, 2.75) is 6.04 Å². The minimum atomic E-state index is -0.152. The molecule has 5 heteroatoms. The van der Waals surface area contributed by atoms with Gasteiger partial charge in [-0.25, -0.2) is 5.43 Å². The summed E-state index contributed by atoms with van der Waals surface area (Å²) in [5.74, 6) is 5.67. The molecule has 0 heterocycles. The first-order valence-electron chi connectivity index (χ1n) is 5.29. The van der Waals surface area contributed by atoms with Crippen molar-refractivity contribution in [3.63, 3.8) is 0 Å². The number of rotatable bonds is 3. The molecule has 0 bridgehead atoms. The third-order valence-corrected chi connectivity index (χ3v) is 4.18. The summed E-state index contributed by atoms with van der Waals surface area (Å²) in [7, 11) is 0. The Morgan fingerprint density at radius 2 is 1.78 bits per heavy atom. The highest BCUT2D eigenvalue weighted by Gasteiger charge is 2.17. The van der Waals surface area contributed by atoms with Crippen LogP contribution in [0.5, 0.6) is 0 Å². The Balaban J connectivity index is 2.49. The molecule has 0 fully saturated rings. The van der Waals surface area contributed by atoms with Gasteiger partial charge in [0.2, 0.25) is 0 Å². The summed E-state index contributed by atoms with van der Waals surface area (Å²) in [6.07, 6.45) is 0. The van der Waals surface area contributed by atoms with Gasteiger partial charge in [-0.2, -0.15) is 0 Å². The van der Waals surface area contributed by atoms with Gasteiger partial charge >= 0.3 is 0 Å². The van der Waals surface area contributed by atoms with Crippen LogP contribution in [0.15, 0.2) is 51.4 Å². The summed E-state index contributed by atoms with van der Waals surface area (Å²) in [6, 6.07) is 13.5. The van der Waals surface area contributed by atoms with Crippen molar-refractivity contribution >= 4 is 43.5 Å². The molecule has 0 spiro atoms. The zero-order chi connectivity index (χ0) is 13.1. The summed E-state index contributed by atoms with van der Waals surface area (Å²) in [4.78, 5) is 0. The predicted molar refractivity (Wildman–Crippen MR) is 82.5 cm³/mol. The van der Waals surface area contributed by atoms with Gasteiger partial charge in [0, 0.05) is 14.0 Å². The van der Waals surface area contributed by atoms with E-state index in [9.17, 15) is 0 Å². The van der Waals surface area contributed by atoms with E-state index < -0.39 is 0 Å². The molecule has 1 atom stereocenters. The van der Waals surface area contributed by atoms with Crippen LogP contribution in [-0.2, 0) is 0 Å². The van der Waals surface area contributed by atoms with E-state index in [-0.39, 0.29) is 6.04 Å². The Hall–Kier alpha value is -0.390. The van der Waals surface area contributed by atoms with Crippen molar-refractivity contribution in [1.82, 2.24) is 5.43 Å². The van der Waals surface area contributed by atoms with Crippen LogP contribution in [0.25, 0.3) is 0 Å². The van der Waals surface area contributed by atoms with E-state index in [1.807, 2.05) is 42.5 Å². The molecular weight excluding hydrogens is 379 g/mol. The standard InChI is InChI=1S/C13H11Br2ClN2/c14-8-5-6-9(11(15)7-8)13(18-17)10-3-1-2-4-12(10)16/h1-7,13,18H,17H2. The van der Waals surface area contributed by atoms with Crippen molar-refractivity contribution in [3.05, 3.63) is 67.6 Å². The number of hydrogen-bond acceptors (Lipinski definition) is 2. The van der Waals surface area contributed by atoms with Crippen molar-refractivity contribution in [2.75, 3.05) is 0 Å². The van der Waals surface area contributed by atoms with Crippen molar-refractivity contribution < 1.29 is 0 Å². The average molecular weight is 391 g/mol. The first-order valence-corrected chi connectivity index (χ1v) is 7.25. The molecule has 0 aliphatic heterocycles. The molecule has 3 N–H and O–H groups in total. The van der Waals surface area contributed by atoms with Crippen LogP contribution >= 0.6 is 43.5 Å². The lowest BCUT2D eigenvalue weighted by Gasteiger charge is -2.19. The highest BCUT2D eigenvalue weighted by molar-refractivity contribution is 9.11. The number of nitrogens with two attached hydrogens (primary N) is 1. The van der Waals surface area contributed by atoms with E-state index in [1.165, 1.54) is 0 Å². The molecule has 0 aliphatic carbocycles. The molecule has 2 aromatic rings. The van der Waals surface area contributed by atoms with E-state index in [0.717, 1.165) is 20.1 Å². The molecule has 18 heavy (non-hydrogen) atoms. The Kier molecular flexibility index (Phi) is 4.81. The highest BCUT2D eigenvalue weighted by atomic mass is 79.9. The summed E-state index contributed by atoms with van der Waals surface area (Å²) in [5.41, 5.74) is 4.79. The molecule has 0 radical (unpaired) electrons. The maximum atomic E-state index is 6.21. The van der Waals surface area contributed by atoms with Crippen LogP contribution in [0.4, 0.5) is 0 Å². The molecule has 0 aromatic heterocycles. The largest absolute Gasteiger partial charge is 0.271 e. The molecular formula is C13H11Br2ClN2. The Labute approximate surface area is 128 Å². The Morgan fingerprint density at radius 3 is 2.39 bits per heavy atom. The van der Waals surface area contributed by atoms with Gasteiger partial charge in [-0.05, 0) is 29.3 Å². The average Bonchev–Trinajstić information content (AvgIpc) is 2.34. The first kappa shape index (κ1) is 14.0. The maximum Gasteiger partial charge on any atom is 0.0735 e. The van der Waals surface area contributed by atoms with Gasteiger partial charge < -0.3 is 0 Å². The lowest BCUT2D eigenvalue weighted by atomic mass is 9.99. The summed E-state index contributed by atoms with van der Waals surface area (Å²) < 4.78 is 1.98. The maximum absolute atomic E-state index is 6.21. The fourth-order valence-corrected chi connectivity index (χ4v) is 3.31. The normalized spacial score (nSPS) is 12.4. The number of hydrazine groups is 1. The van der Waals surface area contributed by atoms with Crippen LogP contribution in [-0.4, -0.2) is 0 Å². The molecule has 0 saturated heterocycles. The van der Waals surface area contributed by atoms with Gasteiger partial charge in [0.25, 0.3) is 0 Å². The van der Waals surface area contributed by atoms with Gasteiger partial charge in [0.05, 0.1) is 6.04 Å². The molecule has 0 saturated carbocycles. The van der Waals surface area contributed by atoms with Crippen LogP contribution in [0.1, 0.15) is 17.2 Å². The minimum Gasteiger partial charge on any atom is -0.271 e. The molecule has 94 valence electrons. The molecule has 0 amide bonds. The van der Waals surface area contributed by atoms with Crippen molar-refractivity contribution in [1.29, 1.82) is 0 Å². The van der Waals surface area contributed by atoms with Gasteiger partial charge in [-0.15, -0.1) is 0 Å². The van der Waals surface area contributed by atoms with Crippen LogP contribution < -0.4 is 11.3 Å². The molecule has 2 aromatic carbocycles. The molecule has 2 nitrogen and oxygen atoms in total. The molecule has 2 rings (SSSR count).